The van der Waals surface area contributed by atoms with E-state index < -0.39 is 0 Å². The maximum atomic E-state index is 14.4. The lowest BCUT2D eigenvalue weighted by Crippen LogP contribution is -2.27. The van der Waals surface area contributed by atoms with Gasteiger partial charge in [-0.2, -0.15) is 0 Å². The summed E-state index contributed by atoms with van der Waals surface area (Å²) >= 11 is 0. The number of fused-ring (bicyclic) bond motifs is 1. The smallest absolute Gasteiger partial charge is 0.126 e. The molecule has 1 saturated heterocycles. The summed E-state index contributed by atoms with van der Waals surface area (Å²) < 4.78 is 14.4. The highest BCUT2D eigenvalue weighted by atomic mass is 19.1. The minimum atomic E-state index is -0.121. The van der Waals surface area contributed by atoms with Crippen LogP contribution >= 0.6 is 0 Å². The Morgan fingerprint density at radius 2 is 1.83 bits per heavy atom. The van der Waals surface area contributed by atoms with E-state index in [1.54, 1.807) is 6.07 Å². The third kappa shape index (κ3) is 4.67. The van der Waals surface area contributed by atoms with E-state index in [-0.39, 0.29) is 5.82 Å². The third-order valence-corrected chi connectivity index (χ3v) is 6.40. The number of halogens is 1. The predicted molar refractivity (Wildman–Crippen MR) is 119 cm³/mol. The highest BCUT2D eigenvalue weighted by molar-refractivity contribution is 5.84. The molecule has 0 spiro atoms. The lowest BCUT2D eigenvalue weighted by Gasteiger charge is -2.23. The first-order chi connectivity index (χ1) is 14.1. The Morgan fingerprint density at radius 3 is 2.59 bits per heavy atom. The standard InChI is InChI=1S/C26H31FN2/c1-3-20-16-24-22(15-23-6-4-18(2)14-25(23)27)10-13-29-26(24)17-21(20)7-5-19-8-11-28-12-9-19/h4,6,10,13-14,16-17,19,28H,3,5,7-9,11-12,15H2,1-2H3. The van der Waals surface area contributed by atoms with Crippen LogP contribution in [-0.4, -0.2) is 18.1 Å². The number of benzene rings is 2. The molecular formula is C26H31FN2. The van der Waals surface area contributed by atoms with E-state index in [1.165, 1.54) is 30.4 Å². The molecule has 0 radical (unpaired) electrons. The van der Waals surface area contributed by atoms with Crippen LogP contribution < -0.4 is 5.32 Å². The second kappa shape index (κ2) is 9.04. The minimum absolute atomic E-state index is 0.121. The molecule has 1 aromatic heterocycles. The molecule has 0 atom stereocenters. The Labute approximate surface area is 173 Å². The average Bonchev–Trinajstić information content (AvgIpc) is 2.74. The normalized spacial score (nSPS) is 15.1. The zero-order valence-electron chi connectivity index (χ0n) is 17.6. The predicted octanol–water partition coefficient (Wildman–Crippen LogP) is 5.77. The van der Waals surface area contributed by atoms with Gasteiger partial charge in [0, 0.05) is 18.0 Å². The van der Waals surface area contributed by atoms with Gasteiger partial charge < -0.3 is 5.32 Å². The topological polar surface area (TPSA) is 24.9 Å². The molecule has 3 aromatic rings. The van der Waals surface area contributed by atoms with Gasteiger partial charge in [-0.3, -0.25) is 4.98 Å². The van der Waals surface area contributed by atoms with Crippen molar-refractivity contribution in [1.29, 1.82) is 0 Å². The Hall–Kier alpha value is -2.26. The van der Waals surface area contributed by atoms with Gasteiger partial charge in [-0.1, -0.05) is 19.1 Å². The van der Waals surface area contributed by atoms with E-state index in [0.29, 0.717) is 6.42 Å². The average molecular weight is 391 g/mol. The molecule has 3 heteroatoms. The number of hydrogen-bond donors (Lipinski definition) is 1. The molecule has 0 bridgehead atoms. The number of aromatic nitrogens is 1. The Kier molecular flexibility index (Phi) is 6.25. The largest absolute Gasteiger partial charge is 0.317 e. The summed E-state index contributed by atoms with van der Waals surface area (Å²) in [6, 6.07) is 12.1. The van der Waals surface area contributed by atoms with Crippen molar-refractivity contribution in [2.24, 2.45) is 5.92 Å². The lowest BCUT2D eigenvalue weighted by molar-refractivity contribution is 0.354. The molecule has 4 rings (SSSR count). The van der Waals surface area contributed by atoms with Gasteiger partial charge in [0.1, 0.15) is 5.82 Å². The number of nitrogens with zero attached hydrogens (tertiary/aromatic N) is 1. The highest BCUT2D eigenvalue weighted by Crippen LogP contribution is 2.27. The van der Waals surface area contributed by atoms with Crippen LogP contribution in [0.15, 0.2) is 42.6 Å². The van der Waals surface area contributed by atoms with E-state index in [1.807, 2.05) is 31.3 Å². The van der Waals surface area contributed by atoms with Crippen LogP contribution in [0.4, 0.5) is 4.39 Å². The van der Waals surface area contributed by atoms with E-state index in [0.717, 1.165) is 59.4 Å². The summed E-state index contributed by atoms with van der Waals surface area (Å²) in [6.07, 6.45) is 8.45. The molecule has 152 valence electrons. The van der Waals surface area contributed by atoms with Crippen LogP contribution in [0.3, 0.4) is 0 Å². The monoisotopic (exact) mass is 390 g/mol. The van der Waals surface area contributed by atoms with Gasteiger partial charge in [-0.05, 0) is 110 Å². The zero-order valence-corrected chi connectivity index (χ0v) is 17.6. The molecule has 0 saturated carbocycles. The summed E-state index contributed by atoms with van der Waals surface area (Å²) in [7, 11) is 0. The number of piperidine rings is 1. The van der Waals surface area contributed by atoms with Gasteiger partial charge in [0.2, 0.25) is 0 Å². The molecule has 1 N–H and O–H groups in total. The SMILES string of the molecule is CCc1cc2c(Cc3ccc(C)cc3F)ccnc2cc1CCC1CCNCC1. The van der Waals surface area contributed by atoms with E-state index in [9.17, 15) is 4.39 Å². The minimum Gasteiger partial charge on any atom is -0.317 e. The lowest BCUT2D eigenvalue weighted by atomic mass is 9.88. The van der Waals surface area contributed by atoms with Gasteiger partial charge >= 0.3 is 0 Å². The number of pyridine rings is 1. The second-order valence-electron chi connectivity index (χ2n) is 8.47. The first kappa shape index (κ1) is 20.0. The van der Waals surface area contributed by atoms with Crippen molar-refractivity contribution < 1.29 is 4.39 Å². The Bertz CT molecular complexity index is 989. The molecule has 2 aromatic carbocycles. The molecule has 2 heterocycles. The fourth-order valence-corrected chi connectivity index (χ4v) is 4.58. The van der Waals surface area contributed by atoms with Crippen LogP contribution in [0.1, 0.15) is 54.0 Å². The van der Waals surface area contributed by atoms with Crippen molar-refractivity contribution >= 4 is 10.9 Å². The first-order valence-electron chi connectivity index (χ1n) is 11.0. The third-order valence-electron chi connectivity index (χ3n) is 6.40. The van der Waals surface area contributed by atoms with Gasteiger partial charge in [0.25, 0.3) is 0 Å². The van der Waals surface area contributed by atoms with E-state index >= 15 is 0 Å². The maximum Gasteiger partial charge on any atom is 0.126 e. The van der Waals surface area contributed by atoms with Crippen LogP contribution in [0.5, 0.6) is 0 Å². The van der Waals surface area contributed by atoms with Crippen molar-refractivity contribution in [2.75, 3.05) is 13.1 Å². The second-order valence-corrected chi connectivity index (χ2v) is 8.47. The van der Waals surface area contributed by atoms with Crippen LogP contribution in [0.25, 0.3) is 10.9 Å². The van der Waals surface area contributed by atoms with Gasteiger partial charge in [-0.15, -0.1) is 0 Å². The summed E-state index contributed by atoms with van der Waals surface area (Å²) in [5, 5.41) is 4.62. The highest BCUT2D eigenvalue weighted by Gasteiger charge is 2.15. The number of nitrogens with one attached hydrogen (secondary N) is 1. The molecule has 0 amide bonds. The molecule has 0 unspecified atom stereocenters. The van der Waals surface area contributed by atoms with Crippen molar-refractivity contribution in [3.63, 3.8) is 0 Å². The van der Waals surface area contributed by atoms with Crippen molar-refractivity contribution in [2.45, 2.75) is 52.4 Å². The van der Waals surface area contributed by atoms with Crippen molar-refractivity contribution in [3.05, 3.63) is 76.2 Å². The zero-order chi connectivity index (χ0) is 20.2. The van der Waals surface area contributed by atoms with Gasteiger partial charge in [-0.25, -0.2) is 4.39 Å². The number of aryl methyl sites for hydroxylation is 3. The van der Waals surface area contributed by atoms with Crippen LogP contribution in [-0.2, 0) is 19.3 Å². The fourth-order valence-electron chi connectivity index (χ4n) is 4.58. The molecule has 0 aliphatic carbocycles. The Balaban J connectivity index is 1.62. The summed E-state index contributed by atoms with van der Waals surface area (Å²) in [6.45, 7) is 6.46. The van der Waals surface area contributed by atoms with Gasteiger partial charge in [0.15, 0.2) is 0 Å². The molecule has 29 heavy (non-hydrogen) atoms. The fraction of sp³-hybridized carbons (Fsp3) is 0.423. The summed E-state index contributed by atoms with van der Waals surface area (Å²) in [4.78, 5) is 4.65. The summed E-state index contributed by atoms with van der Waals surface area (Å²) in [5.74, 6) is 0.713. The molecule has 2 nitrogen and oxygen atoms in total. The Morgan fingerprint density at radius 1 is 1.00 bits per heavy atom. The first-order valence-corrected chi connectivity index (χ1v) is 11.0. The maximum absolute atomic E-state index is 14.4. The molecule has 1 fully saturated rings. The van der Waals surface area contributed by atoms with Gasteiger partial charge in [0.05, 0.1) is 5.52 Å². The number of hydrogen-bond acceptors (Lipinski definition) is 2. The number of rotatable bonds is 6. The summed E-state index contributed by atoms with van der Waals surface area (Å²) in [5.41, 5.74) is 6.73. The molecular weight excluding hydrogens is 359 g/mol. The van der Waals surface area contributed by atoms with Crippen LogP contribution in [0.2, 0.25) is 0 Å². The van der Waals surface area contributed by atoms with Crippen LogP contribution in [0, 0.1) is 18.7 Å². The van der Waals surface area contributed by atoms with E-state index in [2.05, 4.69) is 29.4 Å². The molecule has 1 aliphatic heterocycles. The van der Waals surface area contributed by atoms with Crippen molar-refractivity contribution in [3.8, 4) is 0 Å². The van der Waals surface area contributed by atoms with E-state index in [4.69, 9.17) is 0 Å². The van der Waals surface area contributed by atoms with Crippen molar-refractivity contribution in [1.82, 2.24) is 10.3 Å². The molecule has 1 aliphatic rings. The quantitative estimate of drug-likeness (QED) is 0.578.